The Morgan fingerprint density at radius 3 is 2.50 bits per heavy atom. The van der Waals surface area contributed by atoms with Crippen LogP contribution in [0, 0.1) is 0 Å². The average molecular weight is 681 g/mol. The summed E-state index contributed by atoms with van der Waals surface area (Å²) >= 11 is 1.57. The Balaban J connectivity index is 1.30. The Kier molecular flexibility index (Phi) is 12.4. The number of rotatable bonds is 11. The van der Waals surface area contributed by atoms with Crippen LogP contribution in [-0.2, 0) is 25.6 Å². The van der Waals surface area contributed by atoms with Gasteiger partial charge >= 0.3 is 6.09 Å². The molecule has 3 aliphatic rings. The van der Waals surface area contributed by atoms with Gasteiger partial charge in [0.05, 0.1) is 19.1 Å². The molecular formula is C36H52N6O5S. The average Bonchev–Trinajstić information content (AvgIpc) is 3.74. The third-order valence-electron chi connectivity index (χ3n) is 9.02. The minimum Gasteiger partial charge on any atom is -0.455 e. The van der Waals surface area contributed by atoms with Crippen molar-refractivity contribution in [2.75, 3.05) is 39.3 Å². The standard InChI is InChI=1S/C36H52N6O5S/c1-26-31(27-14-7-5-8-15-27)46-34(38-26)41-21-22-42(30(25-41)32(43)37-24-28-16-13-23-48-28)33(44)29(39-35(45)47-36(2,3)4)17-9-12-20-40-18-10-6-11-19-40/h5,7-8,13-16,23,26,29-31H,6,9-12,17-22,24-25H2,1-4H3,(H,37,43)(H,39,45)/t26-,29+,30-,31+/m0/s1. The fraction of sp³-hybridized carbons (Fsp3) is 0.611. The number of carbonyl (C=O) groups is 3. The first-order valence-electron chi connectivity index (χ1n) is 17.4. The van der Waals surface area contributed by atoms with E-state index in [1.54, 1.807) is 37.0 Å². The van der Waals surface area contributed by atoms with Crippen LogP contribution in [0.25, 0.3) is 0 Å². The summed E-state index contributed by atoms with van der Waals surface area (Å²) < 4.78 is 11.9. The van der Waals surface area contributed by atoms with Gasteiger partial charge in [0.15, 0.2) is 0 Å². The summed E-state index contributed by atoms with van der Waals surface area (Å²) in [7, 11) is 0. The van der Waals surface area contributed by atoms with Gasteiger partial charge in [0.25, 0.3) is 6.02 Å². The zero-order valence-electron chi connectivity index (χ0n) is 28.9. The first kappa shape index (κ1) is 35.7. The number of thiophene rings is 1. The van der Waals surface area contributed by atoms with Gasteiger partial charge in [0.1, 0.15) is 23.8 Å². The van der Waals surface area contributed by atoms with Crippen LogP contribution in [0.5, 0.6) is 0 Å². The van der Waals surface area contributed by atoms with Crippen molar-refractivity contribution in [3.8, 4) is 0 Å². The molecule has 5 rings (SSSR count). The number of nitrogens with one attached hydrogen (secondary N) is 2. The summed E-state index contributed by atoms with van der Waals surface area (Å²) in [4.78, 5) is 53.1. The minimum atomic E-state index is -0.817. The number of hydrogen-bond donors (Lipinski definition) is 2. The number of amides is 3. The van der Waals surface area contributed by atoms with Gasteiger partial charge < -0.3 is 34.8 Å². The molecule has 48 heavy (non-hydrogen) atoms. The van der Waals surface area contributed by atoms with Crippen LogP contribution >= 0.6 is 11.3 Å². The summed E-state index contributed by atoms with van der Waals surface area (Å²) in [6.07, 6.45) is 5.04. The number of hydrogen-bond acceptors (Lipinski definition) is 9. The molecule has 0 saturated carbocycles. The van der Waals surface area contributed by atoms with Gasteiger partial charge in [-0.3, -0.25) is 9.59 Å². The third-order valence-corrected chi connectivity index (χ3v) is 9.90. The Hall–Kier alpha value is -3.64. The number of piperidine rings is 1. The first-order valence-corrected chi connectivity index (χ1v) is 18.3. The SMILES string of the molecule is C[C@@H]1N=C(N2CCN(C(=O)[C@@H](CCCCN3CCCCC3)NC(=O)OC(C)(C)C)[C@H](C(=O)NCc3cccs3)C2)O[C@H]1c1ccccc1. The normalized spacial score (nSPS) is 22.4. The number of alkyl carbamates (subject to hydrolysis) is 1. The van der Waals surface area contributed by atoms with Crippen LogP contribution in [0.2, 0.25) is 0 Å². The summed E-state index contributed by atoms with van der Waals surface area (Å²) in [5.74, 6) is -0.534. The molecule has 0 spiro atoms. The van der Waals surface area contributed by atoms with E-state index < -0.39 is 23.8 Å². The topological polar surface area (TPSA) is 116 Å². The van der Waals surface area contributed by atoms with Gasteiger partial charge in [-0.1, -0.05) is 42.8 Å². The maximum atomic E-state index is 14.3. The van der Waals surface area contributed by atoms with Gasteiger partial charge in [0, 0.05) is 18.0 Å². The van der Waals surface area contributed by atoms with E-state index in [2.05, 4.69) is 15.5 Å². The molecule has 4 heterocycles. The first-order chi connectivity index (χ1) is 23.1. The lowest BCUT2D eigenvalue weighted by Crippen LogP contribution is -2.64. The second-order valence-corrected chi connectivity index (χ2v) is 15.0. The van der Waals surface area contributed by atoms with Gasteiger partial charge in [-0.15, -0.1) is 11.3 Å². The van der Waals surface area contributed by atoms with Crippen molar-refractivity contribution in [2.24, 2.45) is 4.99 Å². The van der Waals surface area contributed by atoms with Crippen LogP contribution in [0.4, 0.5) is 4.79 Å². The van der Waals surface area contributed by atoms with Crippen LogP contribution in [-0.4, -0.2) is 102 Å². The Labute approximate surface area is 289 Å². The second-order valence-electron chi connectivity index (χ2n) is 14.0. The summed E-state index contributed by atoms with van der Waals surface area (Å²) in [6.45, 7) is 11.9. The fourth-order valence-electron chi connectivity index (χ4n) is 6.55. The highest BCUT2D eigenvalue weighted by molar-refractivity contribution is 7.09. The van der Waals surface area contributed by atoms with Crippen molar-refractivity contribution in [2.45, 2.75) is 103 Å². The molecule has 1 aromatic carbocycles. The van der Waals surface area contributed by atoms with Crippen molar-refractivity contribution < 1.29 is 23.9 Å². The van der Waals surface area contributed by atoms with E-state index in [0.717, 1.165) is 42.9 Å². The zero-order valence-corrected chi connectivity index (χ0v) is 29.7. The van der Waals surface area contributed by atoms with Crippen LogP contribution in [0.1, 0.15) is 82.8 Å². The highest BCUT2D eigenvalue weighted by Gasteiger charge is 2.42. The number of piperazine rings is 1. The smallest absolute Gasteiger partial charge is 0.408 e. The molecule has 2 aromatic rings. The maximum absolute atomic E-state index is 14.3. The molecule has 12 heteroatoms. The van der Waals surface area contributed by atoms with Crippen molar-refractivity contribution in [3.05, 3.63) is 58.3 Å². The lowest BCUT2D eigenvalue weighted by Gasteiger charge is -2.42. The number of carbonyl (C=O) groups excluding carboxylic acids is 3. The van der Waals surface area contributed by atoms with Crippen molar-refractivity contribution >= 4 is 35.3 Å². The molecule has 262 valence electrons. The third kappa shape index (κ3) is 9.95. The van der Waals surface area contributed by atoms with E-state index in [9.17, 15) is 14.4 Å². The van der Waals surface area contributed by atoms with E-state index in [4.69, 9.17) is 14.5 Å². The molecule has 2 fully saturated rings. The maximum Gasteiger partial charge on any atom is 0.408 e. The predicted octanol–water partition coefficient (Wildman–Crippen LogP) is 4.94. The number of likely N-dealkylation sites (tertiary alicyclic amines) is 1. The highest BCUT2D eigenvalue weighted by atomic mass is 32.1. The lowest BCUT2D eigenvalue weighted by atomic mass is 10.0. The molecule has 11 nitrogen and oxygen atoms in total. The number of aliphatic imine (C=N–C) groups is 1. The summed E-state index contributed by atoms with van der Waals surface area (Å²) in [5.41, 5.74) is 0.331. The van der Waals surface area contributed by atoms with Gasteiger partial charge in [-0.05, 0) is 96.4 Å². The largest absolute Gasteiger partial charge is 0.455 e. The molecule has 2 saturated heterocycles. The number of nitrogens with zero attached hydrogens (tertiary/aromatic N) is 4. The van der Waals surface area contributed by atoms with E-state index in [0.29, 0.717) is 25.5 Å². The van der Waals surface area contributed by atoms with Crippen molar-refractivity contribution in [3.63, 3.8) is 0 Å². The predicted molar refractivity (Wildman–Crippen MR) is 188 cm³/mol. The van der Waals surface area contributed by atoms with E-state index in [1.807, 2.05) is 59.7 Å². The zero-order chi connectivity index (χ0) is 34.1. The summed E-state index contributed by atoms with van der Waals surface area (Å²) in [5, 5.41) is 7.88. The Bertz CT molecular complexity index is 1370. The van der Waals surface area contributed by atoms with Gasteiger partial charge in [-0.2, -0.15) is 0 Å². The van der Waals surface area contributed by atoms with Crippen molar-refractivity contribution in [1.82, 2.24) is 25.3 Å². The Morgan fingerprint density at radius 2 is 1.79 bits per heavy atom. The monoisotopic (exact) mass is 680 g/mol. The quantitative estimate of drug-likeness (QED) is 0.323. The Morgan fingerprint density at radius 1 is 1.02 bits per heavy atom. The molecule has 2 N–H and O–H groups in total. The van der Waals surface area contributed by atoms with Gasteiger partial charge in [-0.25, -0.2) is 9.79 Å². The molecule has 3 amide bonds. The van der Waals surface area contributed by atoms with Crippen molar-refractivity contribution in [1.29, 1.82) is 0 Å². The highest BCUT2D eigenvalue weighted by Crippen LogP contribution is 2.30. The van der Waals surface area contributed by atoms with E-state index >= 15 is 0 Å². The van der Waals surface area contributed by atoms with Crippen LogP contribution in [0.3, 0.4) is 0 Å². The second kappa shape index (κ2) is 16.6. The lowest BCUT2D eigenvalue weighted by molar-refractivity contribution is -0.145. The van der Waals surface area contributed by atoms with E-state index in [-0.39, 0.29) is 37.0 Å². The number of benzene rings is 1. The van der Waals surface area contributed by atoms with Crippen LogP contribution < -0.4 is 10.6 Å². The fourth-order valence-corrected chi connectivity index (χ4v) is 7.20. The molecule has 4 atom stereocenters. The van der Waals surface area contributed by atoms with E-state index in [1.165, 1.54) is 19.3 Å². The molecule has 0 unspecified atom stereocenters. The number of ether oxygens (including phenoxy) is 2. The number of unbranched alkanes of at least 4 members (excludes halogenated alkanes) is 1. The molecule has 0 aliphatic carbocycles. The molecular weight excluding hydrogens is 629 g/mol. The molecule has 3 aliphatic heterocycles. The molecule has 0 radical (unpaired) electrons. The molecule has 0 bridgehead atoms. The van der Waals surface area contributed by atoms with Gasteiger partial charge in [0.2, 0.25) is 11.8 Å². The van der Waals surface area contributed by atoms with Crippen LogP contribution in [0.15, 0.2) is 52.8 Å². The molecule has 1 aromatic heterocycles. The number of amidine groups is 1. The summed E-state index contributed by atoms with van der Waals surface area (Å²) in [6, 6.07) is 12.7. The minimum absolute atomic E-state index is 0.0967.